The fourth-order valence-corrected chi connectivity index (χ4v) is 4.64. The van der Waals surface area contributed by atoms with Crippen molar-refractivity contribution < 1.29 is 17.9 Å². The highest BCUT2D eigenvalue weighted by Gasteiger charge is 2.34. The Labute approximate surface area is 185 Å². The quantitative estimate of drug-likeness (QED) is 0.606. The first-order valence-corrected chi connectivity index (χ1v) is 12.3. The molecule has 1 N–H and O–H groups in total. The Balaban J connectivity index is 1.67. The van der Waals surface area contributed by atoms with Crippen molar-refractivity contribution in [2.24, 2.45) is 5.10 Å². The van der Waals surface area contributed by atoms with Crippen molar-refractivity contribution >= 4 is 38.7 Å². The maximum Gasteiger partial charge on any atom is 0.275 e. The van der Waals surface area contributed by atoms with E-state index in [0.29, 0.717) is 23.4 Å². The van der Waals surface area contributed by atoms with Crippen molar-refractivity contribution in [3.63, 3.8) is 0 Å². The Morgan fingerprint density at radius 3 is 2.61 bits per heavy atom. The number of carbonyl (C=O) groups is 1. The first-order valence-electron chi connectivity index (χ1n) is 9.49. The van der Waals surface area contributed by atoms with Crippen LogP contribution < -0.4 is 9.46 Å². The molecule has 1 atom stereocenters. The molecule has 31 heavy (non-hydrogen) atoms. The normalized spacial score (nSPS) is 16.1. The van der Waals surface area contributed by atoms with Crippen molar-refractivity contribution in [3.05, 3.63) is 82.0 Å². The van der Waals surface area contributed by atoms with E-state index in [4.69, 9.17) is 4.74 Å². The number of nitrogens with one attached hydrogen (secondary N) is 1. The van der Waals surface area contributed by atoms with Crippen LogP contribution in [-0.4, -0.2) is 38.4 Å². The summed E-state index contributed by atoms with van der Waals surface area (Å²) >= 11 is 1.46. The van der Waals surface area contributed by atoms with Crippen molar-refractivity contribution in [2.75, 3.05) is 18.1 Å². The molecule has 2 aromatic carbocycles. The van der Waals surface area contributed by atoms with Gasteiger partial charge >= 0.3 is 0 Å². The van der Waals surface area contributed by atoms with E-state index in [9.17, 15) is 13.2 Å². The minimum Gasteiger partial charge on any atom is -0.497 e. The number of methoxy groups -OCH3 is 1. The van der Waals surface area contributed by atoms with Crippen LogP contribution in [0.3, 0.4) is 0 Å². The standard InChI is InChI=1S/C22H21N3O4S2/c1-29-19-5-3-4-16(12-19)21-13-20(23-25(21)22(26)17-10-11-30-14-17)15-6-8-18(9-7-15)24-31(2,27)28/h3-12,14,21,24H,13H2,1-2H3/t21-/m0/s1. The number of hydrogen-bond acceptors (Lipinski definition) is 6. The number of anilines is 1. The van der Waals surface area contributed by atoms with Crippen molar-refractivity contribution in [2.45, 2.75) is 12.5 Å². The average Bonchev–Trinajstić information content (AvgIpc) is 3.43. The monoisotopic (exact) mass is 455 g/mol. The summed E-state index contributed by atoms with van der Waals surface area (Å²) in [4.78, 5) is 13.2. The summed E-state index contributed by atoms with van der Waals surface area (Å²) in [5.74, 6) is 0.546. The molecule has 0 saturated heterocycles. The highest BCUT2D eigenvalue weighted by molar-refractivity contribution is 7.92. The zero-order valence-corrected chi connectivity index (χ0v) is 18.6. The fraction of sp³-hybridized carbons (Fsp3) is 0.182. The van der Waals surface area contributed by atoms with Gasteiger partial charge < -0.3 is 4.74 Å². The summed E-state index contributed by atoms with van der Waals surface area (Å²) in [5, 5.41) is 9.85. The number of thiophene rings is 1. The van der Waals surface area contributed by atoms with Crippen LogP contribution in [0.25, 0.3) is 0 Å². The number of nitrogens with zero attached hydrogens (tertiary/aromatic N) is 2. The summed E-state index contributed by atoms with van der Waals surface area (Å²) in [6, 6.07) is 16.1. The molecule has 160 valence electrons. The lowest BCUT2D eigenvalue weighted by molar-refractivity contribution is 0.0711. The Hall–Kier alpha value is -3.17. The molecule has 1 aliphatic heterocycles. The van der Waals surface area contributed by atoms with Gasteiger partial charge in [-0.2, -0.15) is 16.4 Å². The number of benzene rings is 2. The third-order valence-corrected chi connectivity index (χ3v) is 6.18. The summed E-state index contributed by atoms with van der Waals surface area (Å²) < 4.78 is 30.7. The molecule has 0 radical (unpaired) electrons. The number of ether oxygens (including phenoxy) is 1. The number of hydrazone groups is 1. The van der Waals surface area contributed by atoms with E-state index >= 15 is 0 Å². The summed E-state index contributed by atoms with van der Waals surface area (Å²) in [5.41, 5.74) is 3.57. The molecule has 0 saturated carbocycles. The zero-order chi connectivity index (χ0) is 22.0. The minimum atomic E-state index is -3.35. The molecule has 2 heterocycles. The summed E-state index contributed by atoms with van der Waals surface area (Å²) in [6.45, 7) is 0. The second kappa shape index (κ2) is 8.52. The topological polar surface area (TPSA) is 88.1 Å². The van der Waals surface area contributed by atoms with Crippen LogP contribution in [0.4, 0.5) is 5.69 Å². The van der Waals surface area contributed by atoms with Crippen molar-refractivity contribution in [1.29, 1.82) is 0 Å². The molecule has 7 nitrogen and oxygen atoms in total. The Morgan fingerprint density at radius 1 is 1.19 bits per heavy atom. The lowest BCUT2D eigenvalue weighted by Crippen LogP contribution is -2.26. The maximum absolute atomic E-state index is 13.2. The van der Waals surface area contributed by atoms with Crippen LogP contribution in [0.2, 0.25) is 0 Å². The van der Waals surface area contributed by atoms with Crippen LogP contribution in [0, 0.1) is 0 Å². The summed E-state index contributed by atoms with van der Waals surface area (Å²) in [7, 11) is -1.74. The van der Waals surface area contributed by atoms with Gasteiger partial charge in [0.1, 0.15) is 5.75 Å². The Morgan fingerprint density at radius 2 is 1.97 bits per heavy atom. The molecule has 0 unspecified atom stereocenters. The van der Waals surface area contributed by atoms with E-state index in [1.165, 1.54) is 16.3 Å². The average molecular weight is 456 g/mol. The molecule has 9 heteroatoms. The van der Waals surface area contributed by atoms with Crippen LogP contribution in [0.5, 0.6) is 5.75 Å². The second-order valence-electron chi connectivity index (χ2n) is 7.16. The van der Waals surface area contributed by atoms with Crippen molar-refractivity contribution in [3.8, 4) is 5.75 Å². The SMILES string of the molecule is COc1cccc([C@@H]2CC(c3ccc(NS(C)(=O)=O)cc3)=NN2C(=O)c2ccsc2)c1. The van der Waals surface area contributed by atoms with Gasteiger partial charge in [-0.1, -0.05) is 24.3 Å². The first kappa shape index (κ1) is 21.1. The fourth-order valence-electron chi connectivity index (χ4n) is 3.44. The van der Waals surface area contributed by atoms with Gasteiger partial charge in [0.25, 0.3) is 5.91 Å². The highest BCUT2D eigenvalue weighted by atomic mass is 32.2. The summed E-state index contributed by atoms with van der Waals surface area (Å²) in [6.07, 6.45) is 1.64. The second-order valence-corrected chi connectivity index (χ2v) is 9.69. The zero-order valence-electron chi connectivity index (χ0n) is 17.0. The van der Waals surface area contributed by atoms with Gasteiger partial charge in [0.2, 0.25) is 10.0 Å². The van der Waals surface area contributed by atoms with Gasteiger partial charge in [0.05, 0.1) is 30.7 Å². The lowest BCUT2D eigenvalue weighted by Gasteiger charge is -2.22. The molecule has 1 aromatic heterocycles. The maximum atomic E-state index is 13.2. The van der Waals surface area contributed by atoms with Gasteiger partial charge in [0, 0.05) is 17.5 Å². The van der Waals surface area contributed by atoms with E-state index in [0.717, 1.165) is 23.1 Å². The van der Waals surface area contributed by atoms with Crippen LogP contribution in [0.15, 0.2) is 70.5 Å². The number of hydrogen-bond donors (Lipinski definition) is 1. The van der Waals surface area contributed by atoms with E-state index in [-0.39, 0.29) is 11.9 Å². The van der Waals surface area contributed by atoms with Crippen LogP contribution in [0.1, 0.15) is 33.9 Å². The molecule has 1 aliphatic rings. The highest BCUT2D eigenvalue weighted by Crippen LogP contribution is 2.35. The number of carbonyl (C=O) groups excluding carboxylic acids is 1. The molecule has 0 aliphatic carbocycles. The van der Waals surface area contributed by atoms with E-state index in [1.54, 1.807) is 37.4 Å². The molecule has 0 fully saturated rings. The van der Waals surface area contributed by atoms with Gasteiger partial charge in [0.15, 0.2) is 0 Å². The smallest absolute Gasteiger partial charge is 0.275 e. The van der Waals surface area contributed by atoms with E-state index in [2.05, 4.69) is 9.82 Å². The molecular formula is C22H21N3O4S2. The van der Waals surface area contributed by atoms with Gasteiger partial charge in [-0.25, -0.2) is 13.4 Å². The molecular weight excluding hydrogens is 434 g/mol. The predicted molar refractivity (Wildman–Crippen MR) is 122 cm³/mol. The van der Waals surface area contributed by atoms with Gasteiger partial charge in [-0.3, -0.25) is 9.52 Å². The largest absolute Gasteiger partial charge is 0.497 e. The number of amides is 1. The van der Waals surface area contributed by atoms with Crippen molar-refractivity contribution in [1.82, 2.24) is 5.01 Å². The molecule has 1 amide bonds. The lowest BCUT2D eigenvalue weighted by atomic mass is 9.98. The molecule has 4 rings (SSSR count). The Bertz CT molecular complexity index is 1220. The molecule has 3 aromatic rings. The van der Waals surface area contributed by atoms with Crippen LogP contribution in [-0.2, 0) is 10.0 Å². The van der Waals surface area contributed by atoms with Gasteiger partial charge in [-0.05, 0) is 46.8 Å². The third kappa shape index (κ3) is 4.78. The van der Waals surface area contributed by atoms with E-state index in [1.807, 2.05) is 35.0 Å². The third-order valence-electron chi connectivity index (χ3n) is 4.89. The number of sulfonamides is 1. The molecule has 0 spiro atoms. The van der Waals surface area contributed by atoms with Gasteiger partial charge in [-0.15, -0.1) is 0 Å². The van der Waals surface area contributed by atoms with Crippen LogP contribution >= 0.6 is 11.3 Å². The number of rotatable bonds is 6. The van der Waals surface area contributed by atoms with E-state index < -0.39 is 10.0 Å². The molecule has 0 bridgehead atoms. The minimum absolute atomic E-state index is 0.167. The predicted octanol–water partition coefficient (Wildman–Crippen LogP) is 4.12. The Kier molecular flexibility index (Phi) is 5.79. The first-order chi connectivity index (χ1) is 14.8.